The number of hydrogen-bond acceptors (Lipinski definition) is 8. The van der Waals surface area contributed by atoms with Crippen molar-refractivity contribution in [3.05, 3.63) is 0 Å². The summed E-state index contributed by atoms with van der Waals surface area (Å²) in [6, 6.07) is -2.49. The van der Waals surface area contributed by atoms with Crippen LogP contribution >= 0.6 is 0 Å². The van der Waals surface area contributed by atoms with Gasteiger partial charge in [-0.25, -0.2) is 23.4 Å². The molecule has 246 valence electrons. The van der Waals surface area contributed by atoms with Crippen LogP contribution in [0, 0.1) is 0 Å². The summed E-state index contributed by atoms with van der Waals surface area (Å²) in [6.45, 7) is 20.0. The highest BCUT2D eigenvalue weighted by molar-refractivity contribution is 7.80. The Kier molecular flexibility index (Phi) is 16.1. The third-order valence-electron chi connectivity index (χ3n) is 7.43. The molecule has 2 aliphatic heterocycles. The molecule has 0 aromatic heterocycles. The number of nitrogens with one attached hydrogen (secondary N) is 2. The fourth-order valence-corrected chi connectivity index (χ4v) is 5.63. The Bertz CT molecular complexity index is 919. The molecule has 0 radical (unpaired) electrons. The molecule has 2 atom stereocenters. The monoisotopic (exact) mass is 621 g/mol. The third-order valence-corrected chi connectivity index (χ3v) is 7.77. The number of hydroxylamine groups is 2. The first-order valence-corrected chi connectivity index (χ1v) is 16.8. The summed E-state index contributed by atoms with van der Waals surface area (Å²) >= 11 is 0. The van der Waals surface area contributed by atoms with Crippen molar-refractivity contribution in [1.82, 2.24) is 20.8 Å². The summed E-state index contributed by atoms with van der Waals surface area (Å²) in [4.78, 5) is 36.9. The van der Waals surface area contributed by atoms with Gasteiger partial charge in [0.2, 0.25) is 10.4 Å². The number of rotatable bonds is 15. The zero-order valence-electron chi connectivity index (χ0n) is 26.8. The van der Waals surface area contributed by atoms with Crippen LogP contribution in [0.2, 0.25) is 0 Å². The van der Waals surface area contributed by atoms with Gasteiger partial charge in [0.1, 0.15) is 11.6 Å². The number of fused-ring (bicyclic) bond motifs is 2. The number of piperidine rings is 1. The van der Waals surface area contributed by atoms with Crippen molar-refractivity contribution in [2.24, 2.45) is 0 Å². The molecule has 13 nitrogen and oxygen atoms in total. The molecule has 4 amide bonds. The number of nitrogens with zero attached hydrogens (tertiary/aromatic N) is 3. The molecule has 2 heterocycles. The lowest BCUT2D eigenvalue weighted by Gasteiger charge is -2.39. The van der Waals surface area contributed by atoms with Gasteiger partial charge in [-0.05, 0) is 59.3 Å². The molecule has 14 heteroatoms. The molecule has 2 rings (SSSR count). The van der Waals surface area contributed by atoms with E-state index in [0.717, 1.165) is 4.90 Å². The first-order valence-electron chi connectivity index (χ1n) is 15.5. The second kappa shape index (κ2) is 17.8. The van der Waals surface area contributed by atoms with Crippen molar-refractivity contribution in [2.45, 2.75) is 130 Å². The molecule has 0 spiro atoms. The van der Waals surface area contributed by atoms with Crippen LogP contribution in [0.4, 0.5) is 9.59 Å². The lowest BCUT2D eigenvalue weighted by Crippen LogP contribution is -2.54. The molecule has 2 fully saturated rings. The Morgan fingerprint density at radius 1 is 0.905 bits per heavy atom. The van der Waals surface area contributed by atoms with Crippen molar-refractivity contribution < 1.29 is 40.9 Å². The molecule has 2 saturated heterocycles. The third kappa shape index (κ3) is 13.4. The average molecular weight is 622 g/mol. The fraction of sp³-hybridized carbons (Fsp3) is 0.893. The first-order chi connectivity index (χ1) is 19.6. The molecule has 0 aromatic carbocycles. The molecule has 42 heavy (non-hydrogen) atoms. The van der Waals surface area contributed by atoms with E-state index in [4.69, 9.17) is 4.74 Å². The number of hydrogen-bond donors (Lipinski definition) is 2. The van der Waals surface area contributed by atoms with E-state index in [1.54, 1.807) is 20.8 Å². The van der Waals surface area contributed by atoms with E-state index in [1.165, 1.54) is 82.0 Å². The Morgan fingerprint density at radius 3 is 1.79 bits per heavy atom. The standard InChI is InChI=1S/C16H36N.C12H20N4O8S/c1-5-9-13-17(14-10-6-2,15-11-7-3)16-12-8-4;1-12(2,3)23-10(18)14-13-9(17)8-5-4-7-6-15(8)11(19)16(7)24-25(20,21)22/h5-16H2,1-4H3;7-8H,4-6H2,1-3H3,(H,13,17)(H,14,18)(H,20,21,22)/q+1;/p-1/t;7-,8+/m.1/s1. The van der Waals surface area contributed by atoms with Gasteiger partial charge in [-0.2, -0.15) is 9.35 Å². The summed E-state index contributed by atoms with van der Waals surface area (Å²) in [5.74, 6) is -0.676. The topological polar surface area (TPSA) is 157 Å². The maximum Gasteiger partial charge on any atom is 0.426 e. The van der Waals surface area contributed by atoms with Crippen LogP contribution in [0.1, 0.15) is 113 Å². The number of hydrazine groups is 1. The zero-order chi connectivity index (χ0) is 32.0. The Morgan fingerprint density at radius 2 is 1.38 bits per heavy atom. The highest BCUT2D eigenvalue weighted by Gasteiger charge is 2.48. The minimum atomic E-state index is -5.10. The van der Waals surface area contributed by atoms with Gasteiger partial charge in [-0.15, -0.1) is 0 Å². The lowest BCUT2D eigenvalue weighted by atomic mass is 10.0. The lowest BCUT2D eigenvalue weighted by molar-refractivity contribution is -0.929. The van der Waals surface area contributed by atoms with Gasteiger partial charge < -0.3 is 18.7 Å². The molecule has 2 bridgehead atoms. The molecule has 0 aromatic rings. The molecule has 0 saturated carbocycles. The predicted molar refractivity (Wildman–Crippen MR) is 158 cm³/mol. The summed E-state index contributed by atoms with van der Waals surface area (Å²) in [6.07, 6.45) is 10.6. The van der Waals surface area contributed by atoms with E-state index in [2.05, 4.69) is 42.8 Å². The quantitative estimate of drug-likeness (QED) is 0.119. The minimum absolute atomic E-state index is 0.0267. The van der Waals surface area contributed by atoms with Crippen molar-refractivity contribution in [3.63, 3.8) is 0 Å². The largest absolute Gasteiger partial charge is 0.724 e. The van der Waals surface area contributed by atoms with E-state index >= 15 is 0 Å². The molecular weight excluding hydrogens is 566 g/mol. The summed E-state index contributed by atoms with van der Waals surface area (Å²) < 4.78 is 42.6. The normalized spacial score (nSPS) is 18.8. The number of carbonyl (C=O) groups is 3. The number of quaternary nitrogens is 1. The van der Waals surface area contributed by atoms with Gasteiger partial charge in [-0.1, -0.05) is 53.4 Å². The number of ether oxygens (including phenoxy) is 1. The van der Waals surface area contributed by atoms with Crippen LogP contribution in [0.5, 0.6) is 0 Å². The Balaban J connectivity index is 0.000000456. The summed E-state index contributed by atoms with van der Waals surface area (Å²) in [5.41, 5.74) is 3.46. The van der Waals surface area contributed by atoms with Crippen molar-refractivity contribution in [3.8, 4) is 0 Å². The smallest absolute Gasteiger partial charge is 0.426 e. The van der Waals surface area contributed by atoms with E-state index in [9.17, 15) is 27.4 Å². The van der Waals surface area contributed by atoms with Gasteiger partial charge in [0.25, 0.3) is 5.91 Å². The molecule has 0 aliphatic carbocycles. The average Bonchev–Trinajstić information content (AvgIpc) is 3.13. The maximum atomic E-state index is 12.2. The number of amides is 4. The van der Waals surface area contributed by atoms with E-state index in [1.807, 2.05) is 0 Å². The van der Waals surface area contributed by atoms with Crippen molar-refractivity contribution >= 4 is 28.4 Å². The van der Waals surface area contributed by atoms with Gasteiger partial charge in [0.05, 0.1) is 32.2 Å². The van der Waals surface area contributed by atoms with Gasteiger partial charge in [0, 0.05) is 6.54 Å². The van der Waals surface area contributed by atoms with Crippen molar-refractivity contribution in [1.29, 1.82) is 0 Å². The fourth-order valence-electron chi connectivity index (χ4n) is 5.25. The summed E-state index contributed by atoms with van der Waals surface area (Å²) in [7, 11) is -5.10. The van der Waals surface area contributed by atoms with Gasteiger partial charge >= 0.3 is 12.1 Å². The van der Waals surface area contributed by atoms with E-state index < -0.39 is 46.1 Å². The van der Waals surface area contributed by atoms with Crippen LogP contribution in [0.25, 0.3) is 0 Å². The van der Waals surface area contributed by atoms with E-state index in [0.29, 0.717) is 5.06 Å². The highest BCUT2D eigenvalue weighted by Crippen LogP contribution is 2.30. The number of unbranched alkanes of at least 4 members (excludes halogenated alkanes) is 4. The Labute approximate surface area is 253 Å². The SMILES string of the molecule is CC(C)(C)OC(=O)NNC(=O)[C@@H]1CC[C@@H]2CN1C(=O)N2OS(=O)(=O)[O-].CCCC[N+](CCCC)(CCCC)CCCC. The van der Waals surface area contributed by atoms with Crippen LogP contribution in [-0.4, -0.2) is 95.9 Å². The van der Waals surface area contributed by atoms with Crippen molar-refractivity contribution in [2.75, 3.05) is 32.7 Å². The van der Waals surface area contributed by atoms with E-state index in [-0.39, 0.29) is 19.4 Å². The number of carbonyl (C=O) groups excluding carboxylic acids is 3. The molecule has 0 unspecified atom stereocenters. The molecule has 2 N–H and O–H groups in total. The second-order valence-electron chi connectivity index (χ2n) is 12.3. The minimum Gasteiger partial charge on any atom is -0.724 e. The van der Waals surface area contributed by atoms with Gasteiger partial charge in [-0.3, -0.25) is 10.2 Å². The van der Waals surface area contributed by atoms with Crippen LogP contribution in [0.15, 0.2) is 0 Å². The molecule has 2 aliphatic rings. The summed E-state index contributed by atoms with van der Waals surface area (Å²) in [5, 5.41) is 0.469. The number of urea groups is 1. The maximum absolute atomic E-state index is 12.2. The highest BCUT2D eigenvalue weighted by atomic mass is 32.3. The van der Waals surface area contributed by atoms with Gasteiger partial charge in [0.15, 0.2) is 0 Å². The predicted octanol–water partition coefficient (Wildman–Crippen LogP) is 4.21. The van der Waals surface area contributed by atoms with Crippen LogP contribution < -0.4 is 10.9 Å². The van der Waals surface area contributed by atoms with Crippen LogP contribution in [0.3, 0.4) is 0 Å². The second-order valence-corrected chi connectivity index (χ2v) is 13.2. The Hall–Kier alpha value is -2.16. The van der Waals surface area contributed by atoms with Crippen LogP contribution in [-0.2, 0) is 24.2 Å². The molecular formula is C28H55N5O8S. The zero-order valence-corrected chi connectivity index (χ0v) is 27.6. The first kappa shape index (κ1) is 37.9.